The van der Waals surface area contributed by atoms with E-state index in [1.54, 1.807) is 0 Å². The van der Waals surface area contributed by atoms with Crippen LogP contribution in [0.1, 0.15) is 49.7 Å². The van der Waals surface area contributed by atoms with Crippen LogP contribution in [-0.4, -0.2) is 41.4 Å². The summed E-state index contributed by atoms with van der Waals surface area (Å²) in [5.74, 6) is -0.000790. The van der Waals surface area contributed by atoms with Crippen molar-refractivity contribution in [3.05, 3.63) is 35.4 Å². The van der Waals surface area contributed by atoms with Gasteiger partial charge < -0.3 is 10.6 Å². The molecule has 6 heteroatoms. The molecule has 1 aromatic rings. The number of hydrogen-bond donors (Lipinski definition) is 2. The van der Waals surface area contributed by atoms with E-state index in [1.807, 2.05) is 18.2 Å². The Morgan fingerprint density at radius 3 is 2.67 bits per heavy atom. The molecule has 4 rings (SSSR count). The predicted octanol–water partition coefficient (Wildman–Crippen LogP) is 2.16. The molecule has 1 unspecified atom stereocenters. The number of fused-ring (bicyclic) bond motifs is 1. The van der Waals surface area contributed by atoms with Crippen LogP contribution in [0, 0.1) is 5.92 Å². The van der Waals surface area contributed by atoms with E-state index in [9.17, 15) is 14.4 Å². The van der Waals surface area contributed by atoms with Crippen LogP contribution < -0.4 is 10.6 Å². The molecule has 0 aromatic heterocycles. The molecule has 144 valence electrons. The first-order chi connectivity index (χ1) is 13.1. The highest BCUT2D eigenvalue weighted by Gasteiger charge is 2.52. The second kappa shape index (κ2) is 7.33. The Bertz CT molecular complexity index is 757. The number of nitrogens with one attached hydrogen (secondary N) is 2. The highest BCUT2D eigenvalue weighted by atomic mass is 16.2. The van der Waals surface area contributed by atoms with E-state index in [-0.39, 0.29) is 18.4 Å². The van der Waals surface area contributed by atoms with Gasteiger partial charge in [0, 0.05) is 13.0 Å². The fourth-order valence-electron chi connectivity index (χ4n) is 4.69. The molecule has 1 aromatic carbocycles. The maximum atomic E-state index is 13.0. The molecule has 1 heterocycles. The molecular formula is C21H27N3O3. The van der Waals surface area contributed by atoms with Crippen molar-refractivity contribution >= 4 is 17.8 Å². The number of rotatable bonds is 4. The van der Waals surface area contributed by atoms with E-state index < -0.39 is 11.6 Å². The maximum absolute atomic E-state index is 13.0. The average Bonchev–Trinajstić information content (AvgIpc) is 2.91. The average molecular weight is 369 g/mol. The third kappa shape index (κ3) is 3.57. The number of hydrogen-bond acceptors (Lipinski definition) is 3. The number of aryl methyl sites for hydroxylation is 1. The lowest BCUT2D eigenvalue weighted by molar-refractivity contribution is -0.135. The van der Waals surface area contributed by atoms with Gasteiger partial charge in [0.15, 0.2) is 0 Å². The Labute approximate surface area is 159 Å². The Hall–Kier alpha value is -2.37. The summed E-state index contributed by atoms with van der Waals surface area (Å²) < 4.78 is 0. The lowest BCUT2D eigenvalue weighted by atomic mass is 9.78. The lowest BCUT2D eigenvalue weighted by Crippen LogP contribution is -2.51. The number of nitrogens with zero attached hydrogens (tertiary/aromatic N) is 1. The van der Waals surface area contributed by atoms with E-state index in [2.05, 4.69) is 16.7 Å². The SMILES string of the molecule is O=C(CN1C(=O)NC2(CCc3ccccc3C2)C1=O)NCC1CCCCC1. The van der Waals surface area contributed by atoms with Crippen molar-refractivity contribution < 1.29 is 14.4 Å². The zero-order chi connectivity index (χ0) is 18.9. The molecule has 2 fully saturated rings. The van der Waals surface area contributed by atoms with Crippen molar-refractivity contribution in [2.75, 3.05) is 13.1 Å². The molecule has 1 spiro atoms. The number of imide groups is 1. The lowest BCUT2D eigenvalue weighted by Gasteiger charge is -2.32. The molecule has 6 nitrogen and oxygen atoms in total. The number of carbonyl (C=O) groups excluding carboxylic acids is 3. The summed E-state index contributed by atoms with van der Waals surface area (Å²) in [4.78, 5) is 38.8. The van der Waals surface area contributed by atoms with Gasteiger partial charge in [-0.15, -0.1) is 0 Å². The van der Waals surface area contributed by atoms with E-state index in [1.165, 1.54) is 24.8 Å². The largest absolute Gasteiger partial charge is 0.354 e. The summed E-state index contributed by atoms with van der Waals surface area (Å²) in [7, 11) is 0. The zero-order valence-corrected chi connectivity index (χ0v) is 15.6. The molecule has 0 radical (unpaired) electrons. The first kappa shape index (κ1) is 18.0. The highest BCUT2D eigenvalue weighted by molar-refractivity contribution is 6.09. The second-order valence-electron chi connectivity index (χ2n) is 8.16. The van der Waals surface area contributed by atoms with Crippen molar-refractivity contribution in [1.82, 2.24) is 15.5 Å². The molecule has 1 saturated carbocycles. The number of benzene rings is 1. The summed E-state index contributed by atoms with van der Waals surface area (Å²) in [6.45, 7) is 0.446. The molecule has 2 N–H and O–H groups in total. The Morgan fingerprint density at radius 2 is 1.89 bits per heavy atom. The van der Waals surface area contributed by atoms with Crippen molar-refractivity contribution in [3.63, 3.8) is 0 Å². The first-order valence-corrected chi connectivity index (χ1v) is 10.0. The summed E-state index contributed by atoms with van der Waals surface area (Å²) >= 11 is 0. The smallest absolute Gasteiger partial charge is 0.325 e. The van der Waals surface area contributed by atoms with Gasteiger partial charge in [-0.05, 0) is 42.7 Å². The molecule has 2 aliphatic carbocycles. The summed E-state index contributed by atoms with van der Waals surface area (Å²) in [6, 6.07) is 7.58. The van der Waals surface area contributed by atoms with Gasteiger partial charge in [-0.1, -0.05) is 43.5 Å². The number of urea groups is 1. The van der Waals surface area contributed by atoms with Crippen LogP contribution in [0.2, 0.25) is 0 Å². The molecular weight excluding hydrogens is 342 g/mol. The fourth-order valence-corrected chi connectivity index (χ4v) is 4.69. The molecule has 27 heavy (non-hydrogen) atoms. The van der Waals surface area contributed by atoms with E-state index in [0.29, 0.717) is 25.3 Å². The summed E-state index contributed by atoms with van der Waals surface area (Å²) in [5, 5.41) is 5.79. The normalized spacial score (nSPS) is 25.4. The maximum Gasteiger partial charge on any atom is 0.325 e. The van der Waals surface area contributed by atoms with Crippen LogP contribution in [0.25, 0.3) is 0 Å². The van der Waals surface area contributed by atoms with Crippen molar-refractivity contribution in [2.45, 2.75) is 56.9 Å². The first-order valence-electron chi connectivity index (χ1n) is 10.0. The van der Waals surface area contributed by atoms with E-state index in [0.717, 1.165) is 29.7 Å². The van der Waals surface area contributed by atoms with Gasteiger partial charge >= 0.3 is 6.03 Å². The standard InChI is InChI=1S/C21H27N3O3/c25-18(22-13-15-6-2-1-3-7-15)14-24-19(26)21(23-20(24)27)11-10-16-8-4-5-9-17(16)12-21/h4-5,8-9,15H,1-3,6-7,10-14H2,(H,22,25)(H,23,27). The molecule has 1 aliphatic heterocycles. The van der Waals surface area contributed by atoms with Gasteiger partial charge in [0.05, 0.1) is 0 Å². The van der Waals surface area contributed by atoms with Gasteiger partial charge in [0.1, 0.15) is 12.1 Å². The summed E-state index contributed by atoms with van der Waals surface area (Å²) in [5.41, 5.74) is 1.43. The molecule has 1 saturated heterocycles. The minimum Gasteiger partial charge on any atom is -0.354 e. The van der Waals surface area contributed by atoms with Gasteiger partial charge in [-0.2, -0.15) is 0 Å². The van der Waals surface area contributed by atoms with Gasteiger partial charge in [-0.25, -0.2) is 4.79 Å². The van der Waals surface area contributed by atoms with Crippen molar-refractivity contribution in [1.29, 1.82) is 0 Å². The molecule has 4 amide bonds. The van der Waals surface area contributed by atoms with Crippen LogP contribution in [-0.2, 0) is 22.4 Å². The summed E-state index contributed by atoms with van der Waals surface area (Å²) in [6.07, 6.45) is 7.83. The number of carbonyl (C=O) groups is 3. The predicted molar refractivity (Wildman–Crippen MR) is 101 cm³/mol. The van der Waals surface area contributed by atoms with Crippen LogP contribution in [0.4, 0.5) is 4.79 Å². The highest BCUT2D eigenvalue weighted by Crippen LogP contribution is 2.33. The Kier molecular flexibility index (Phi) is 4.89. The van der Waals surface area contributed by atoms with Crippen molar-refractivity contribution in [2.24, 2.45) is 5.92 Å². The minimum absolute atomic E-state index is 0.194. The third-order valence-corrected chi connectivity index (χ3v) is 6.29. The molecule has 0 bridgehead atoms. The quantitative estimate of drug-likeness (QED) is 0.799. The minimum atomic E-state index is -0.894. The van der Waals surface area contributed by atoms with Gasteiger partial charge in [-0.3, -0.25) is 14.5 Å². The van der Waals surface area contributed by atoms with Gasteiger partial charge in [0.2, 0.25) is 5.91 Å². The fraction of sp³-hybridized carbons (Fsp3) is 0.571. The van der Waals surface area contributed by atoms with Crippen LogP contribution >= 0.6 is 0 Å². The second-order valence-corrected chi connectivity index (χ2v) is 8.16. The Morgan fingerprint density at radius 1 is 1.15 bits per heavy atom. The number of amides is 4. The zero-order valence-electron chi connectivity index (χ0n) is 15.6. The van der Waals surface area contributed by atoms with Gasteiger partial charge in [0.25, 0.3) is 5.91 Å². The van der Waals surface area contributed by atoms with Crippen molar-refractivity contribution in [3.8, 4) is 0 Å². The van der Waals surface area contributed by atoms with E-state index >= 15 is 0 Å². The monoisotopic (exact) mass is 369 g/mol. The van der Waals surface area contributed by atoms with Crippen LogP contribution in [0.15, 0.2) is 24.3 Å². The van der Waals surface area contributed by atoms with E-state index in [4.69, 9.17) is 0 Å². The topological polar surface area (TPSA) is 78.5 Å². The molecule has 3 aliphatic rings. The third-order valence-electron chi connectivity index (χ3n) is 6.29. The van der Waals surface area contributed by atoms with Crippen LogP contribution in [0.5, 0.6) is 0 Å². The Balaban J connectivity index is 1.37. The molecule has 1 atom stereocenters. The van der Waals surface area contributed by atoms with Crippen LogP contribution in [0.3, 0.4) is 0 Å².